The Kier molecular flexibility index (Phi) is 3.54. The Morgan fingerprint density at radius 1 is 1.36 bits per heavy atom. The molecular weight excluding hydrogens is 310 g/mol. The van der Waals surface area contributed by atoms with E-state index in [2.05, 4.69) is 53.5 Å². The molecule has 5 heteroatoms. The van der Waals surface area contributed by atoms with Crippen LogP contribution in [-0.4, -0.2) is 24.6 Å². The van der Waals surface area contributed by atoms with E-state index in [1.807, 2.05) is 6.20 Å². The first-order chi connectivity index (χ1) is 6.77. The molecule has 0 aliphatic carbocycles. The molecule has 1 aromatic heterocycles. The van der Waals surface area contributed by atoms with Crippen molar-refractivity contribution < 1.29 is 0 Å². The molecule has 2 heterocycles. The summed E-state index contributed by atoms with van der Waals surface area (Å²) in [6.45, 7) is 3.02. The smallest absolute Gasteiger partial charge is 0.106 e. The first kappa shape index (κ1) is 10.5. The molecule has 0 spiro atoms. The average Bonchev–Trinajstić information content (AvgIpc) is 2.23. The van der Waals surface area contributed by atoms with E-state index in [4.69, 9.17) is 0 Å². The Morgan fingerprint density at radius 2 is 2.21 bits per heavy atom. The van der Waals surface area contributed by atoms with Crippen LogP contribution in [0.25, 0.3) is 0 Å². The summed E-state index contributed by atoms with van der Waals surface area (Å²) in [6.07, 6.45) is 1.83. The van der Waals surface area contributed by atoms with Gasteiger partial charge in [-0.05, 0) is 43.5 Å². The lowest BCUT2D eigenvalue weighted by atomic mass is 10.1. The van der Waals surface area contributed by atoms with Crippen molar-refractivity contribution in [3.63, 3.8) is 0 Å². The molecule has 2 rings (SSSR count). The summed E-state index contributed by atoms with van der Waals surface area (Å²) in [6, 6.07) is 2.42. The van der Waals surface area contributed by atoms with Crippen molar-refractivity contribution in [3.8, 4) is 0 Å². The average molecular weight is 321 g/mol. The highest BCUT2D eigenvalue weighted by Crippen LogP contribution is 2.25. The maximum Gasteiger partial charge on any atom is 0.106 e. The molecule has 1 unspecified atom stereocenters. The van der Waals surface area contributed by atoms with Crippen molar-refractivity contribution in [3.05, 3.63) is 26.9 Å². The van der Waals surface area contributed by atoms with Gasteiger partial charge in [-0.2, -0.15) is 0 Å². The Labute approximate surface area is 99.9 Å². The fourth-order valence-electron chi connectivity index (χ4n) is 1.57. The van der Waals surface area contributed by atoms with Crippen molar-refractivity contribution in [1.82, 2.24) is 15.6 Å². The van der Waals surface area contributed by atoms with Crippen LogP contribution < -0.4 is 10.6 Å². The molecular formula is C9H11Br2N3. The van der Waals surface area contributed by atoms with Gasteiger partial charge in [-0.3, -0.25) is 0 Å². The second-order valence-corrected chi connectivity index (χ2v) is 4.91. The van der Waals surface area contributed by atoms with E-state index in [1.165, 1.54) is 5.56 Å². The van der Waals surface area contributed by atoms with Gasteiger partial charge < -0.3 is 10.6 Å². The van der Waals surface area contributed by atoms with Crippen molar-refractivity contribution in [2.75, 3.05) is 19.6 Å². The van der Waals surface area contributed by atoms with E-state index in [-0.39, 0.29) is 0 Å². The van der Waals surface area contributed by atoms with Gasteiger partial charge >= 0.3 is 0 Å². The number of aromatic nitrogens is 1. The molecule has 76 valence electrons. The van der Waals surface area contributed by atoms with Gasteiger partial charge in [0.1, 0.15) is 4.60 Å². The van der Waals surface area contributed by atoms with Crippen molar-refractivity contribution in [2.24, 2.45) is 0 Å². The van der Waals surface area contributed by atoms with Crippen LogP contribution in [-0.2, 0) is 0 Å². The molecule has 0 bridgehead atoms. The zero-order valence-corrected chi connectivity index (χ0v) is 10.7. The maximum absolute atomic E-state index is 4.16. The summed E-state index contributed by atoms with van der Waals surface area (Å²) in [5, 5.41) is 6.82. The Hall–Kier alpha value is 0.0300. The molecule has 0 amide bonds. The van der Waals surface area contributed by atoms with Gasteiger partial charge in [-0.25, -0.2) is 4.98 Å². The van der Waals surface area contributed by atoms with Gasteiger partial charge in [0.25, 0.3) is 0 Å². The van der Waals surface area contributed by atoms with Crippen LogP contribution in [0.3, 0.4) is 0 Å². The minimum atomic E-state index is 0.373. The fraction of sp³-hybridized carbons (Fsp3) is 0.444. The number of rotatable bonds is 1. The predicted octanol–water partition coefficient (Wildman–Crippen LogP) is 1.84. The second-order valence-electron chi connectivity index (χ2n) is 3.24. The molecule has 1 saturated heterocycles. The number of nitrogens with one attached hydrogen (secondary N) is 2. The third-order valence-corrected chi connectivity index (χ3v) is 3.36. The lowest BCUT2D eigenvalue weighted by Gasteiger charge is -2.25. The van der Waals surface area contributed by atoms with Gasteiger partial charge in [0.05, 0.1) is 0 Å². The predicted molar refractivity (Wildman–Crippen MR) is 63.3 cm³/mol. The highest BCUT2D eigenvalue weighted by molar-refractivity contribution is 9.11. The molecule has 0 saturated carbocycles. The van der Waals surface area contributed by atoms with Crippen molar-refractivity contribution in [2.45, 2.75) is 6.04 Å². The summed E-state index contributed by atoms with van der Waals surface area (Å²) in [7, 11) is 0. The van der Waals surface area contributed by atoms with Gasteiger partial charge in [0, 0.05) is 36.3 Å². The standard InChI is InChI=1S/C9H11Br2N3/c10-7-4-14-9(11)3-6(7)8-5-12-1-2-13-8/h3-4,8,12-13H,1-2,5H2. The molecule has 1 aliphatic heterocycles. The molecule has 3 nitrogen and oxygen atoms in total. The molecule has 1 fully saturated rings. The Balaban J connectivity index is 2.24. The zero-order valence-electron chi connectivity index (χ0n) is 7.56. The molecule has 0 aromatic carbocycles. The van der Waals surface area contributed by atoms with Crippen LogP contribution in [0.2, 0.25) is 0 Å². The van der Waals surface area contributed by atoms with Crippen molar-refractivity contribution >= 4 is 31.9 Å². The molecule has 1 aliphatic rings. The first-order valence-corrected chi connectivity index (χ1v) is 6.11. The normalized spacial score (nSPS) is 22.3. The number of halogens is 2. The van der Waals surface area contributed by atoms with Crippen LogP contribution in [0.1, 0.15) is 11.6 Å². The summed E-state index contributed by atoms with van der Waals surface area (Å²) in [4.78, 5) is 4.16. The number of nitrogens with zero attached hydrogens (tertiary/aromatic N) is 1. The second kappa shape index (κ2) is 4.70. The van der Waals surface area contributed by atoms with Gasteiger partial charge in [0.15, 0.2) is 0 Å². The Morgan fingerprint density at radius 3 is 2.93 bits per heavy atom. The largest absolute Gasteiger partial charge is 0.314 e. The third-order valence-electron chi connectivity index (χ3n) is 2.27. The highest BCUT2D eigenvalue weighted by atomic mass is 79.9. The van der Waals surface area contributed by atoms with Crippen molar-refractivity contribution in [1.29, 1.82) is 0 Å². The van der Waals surface area contributed by atoms with Crippen LogP contribution >= 0.6 is 31.9 Å². The molecule has 2 N–H and O–H groups in total. The number of piperazine rings is 1. The molecule has 1 atom stereocenters. The van der Waals surface area contributed by atoms with Crippen LogP contribution in [0.4, 0.5) is 0 Å². The van der Waals surface area contributed by atoms with Crippen LogP contribution in [0, 0.1) is 0 Å². The minimum Gasteiger partial charge on any atom is -0.314 e. The van der Waals surface area contributed by atoms with Crippen LogP contribution in [0.5, 0.6) is 0 Å². The van der Waals surface area contributed by atoms with Gasteiger partial charge in [-0.15, -0.1) is 0 Å². The van der Waals surface area contributed by atoms with E-state index < -0.39 is 0 Å². The van der Waals surface area contributed by atoms with E-state index in [1.54, 1.807) is 0 Å². The zero-order chi connectivity index (χ0) is 9.97. The summed E-state index contributed by atoms with van der Waals surface area (Å²) in [5.74, 6) is 0. The molecule has 1 aromatic rings. The third kappa shape index (κ3) is 2.34. The number of pyridine rings is 1. The van der Waals surface area contributed by atoms with E-state index in [0.717, 1.165) is 28.7 Å². The summed E-state index contributed by atoms with van der Waals surface area (Å²) < 4.78 is 1.94. The number of hydrogen-bond donors (Lipinski definition) is 2. The minimum absolute atomic E-state index is 0.373. The van der Waals surface area contributed by atoms with E-state index in [0.29, 0.717) is 6.04 Å². The first-order valence-electron chi connectivity index (χ1n) is 4.52. The lowest BCUT2D eigenvalue weighted by molar-refractivity contribution is 0.429. The van der Waals surface area contributed by atoms with E-state index >= 15 is 0 Å². The fourth-order valence-corrected chi connectivity index (χ4v) is 2.41. The van der Waals surface area contributed by atoms with Crippen LogP contribution in [0.15, 0.2) is 21.3 Å². The lowest BCUT2D eigenvalue weighted by Crippen LogP contribution is -2.42. The summed E-state index contributed by atoms with van der Waals surface area (Å²) in [5.41, 5.74) is 1.25. The molecule has 14 heavy (non-hydrogen) atoms. The topological polar surface area (TPSA) is 37.0 Å². The van der Waals surface area contributed by atoms with Gasteiger partial charge in [-0.1, -0.05) is 0 Å². The Bertz CT molecular complexity index is 324. The quantitative estimate of drug-likeness (QED) is 0.775. The maximum atomic E-state index is 4.16. The monoisotopic (exact) mass is 319 g/mol. The molecule has 0 radical (unpaired) electrons. The highest BCUT2D eigenvalue weighted by Gasteiger charge is 2.17. The van der Waals surface area contributed by atoms with E-state index in [9.17, 15) is 0 Å². The SMILES string of the molecule is Brc1cc(C2CNCCN2)c(Br)cn1. The number of hydrogen-bond acceptors (Lipinski definition) is 3. The summed E-state index contributed by atoms with van der Waals surface area (Å²) >= 11 is 6.90. The van der Waals surface area contributed by atoms with Gasteiger partial charge in [0.2, 0.25) is 0 Å².